The third-order valence-corrected chi connectivity index (χ3v) is 4.66. The Bertz CT molecular complexity index is 692. The van der Waals surface area contributed by atoms with Gasteiger partial charge in [-0.05, 0) is 25.0 Å². The number of carboxylic acids is 1. The van der Waals surface area contributed by atoms with E-state index in [-0.39, 0.29) is 19.5 Å². The molecule has 0 bridgehead atoms. The summed E-state index contributed by atoms with van der Waals surface area (Å²) in [6.45, 7) is 3.58. The number of benzene rings is 1. The van der Waals surface area contributed by atoms with E-state index in [0.717, 1.165) is 18.2 Å². The fraction of sp³-hybridized carbons (Fsp3) is 0.579. The molecule has 7 nitrogen and oxygen atoms in total. The van der Waals surface area contributed by atoms with E-state index in [2.05, 4.69) is 15.0 Å². The lowest BCUT2D eigenvalue weighted by Gasteiger charge is -2.35. The Labute approximate surface area is 167 Å². The van der Waals surface area contributed by atoms with Gasteiger partial charge in [0.25, 0.3) is 0 Å². The maximum absolute atomic E-state index is 12.5. The molecule has 0 saturated carbocycles. The van der Waals surface area contributed by atoms with Gasteiger partial charge >= 0.3 is 18.2 Å². The number of ether oxygens (including phenoxy) is 1. The van der Waals surface area contributed by atoms with Crippen LogP contribution in [0.4, 0.5) is 23.7 Å². The second-order valence-corrected chi connectivity index (χ2v) is 6.91. The van der Waals surface area contributed by atoms with Crippen molar-refractivity contribution in [2.45, 2.75) is 38.6 Å². The highest BCUT2D eigenvalue weighted by molar-refractivity contribution is 5.68. The number of halogens is 3. The minimum Gasteiger partial charge on any atom is -0.481 e. The zero-order chi connectivity index (χ0) is 21.4. The summed E-state index contributed by atoms with van der Waals surface area (Å²) < 4.78 is 42.1. The van der Waals surface area contributed by atoms with Gasteiger partial charge in [0.05, 0.1) is 0 Å². The van der Waals surface area contributed by atoms with Gasteiger partial charge in [-0.25, -0.2) is 4.79 Å². The molecule has 1 heterocycles. The number of para-hydroxylation sites is 1. The van der Waals surface area contributed by atoms with Crippen LogP contribution in [-0.4, -0.2) is 72.0 Å². The zero-order valence-corrected chi connectivity index (χ0v) is 16.2. The molecular weight excluding hydrogens is 391 g/mol. The first-order valence-corrected chi connectivity index (χ1v) is 9.45. The molecule has 1 aliphatic heterocycles. The number of hydrogen-bond donors (Lipinski definition) is 2. The summed E-state index contributed by atoms with van der Waals surface area (Å²) in [4.78, 5) is 25.9. The molecule has 2 rings (SSSR count). The van der Waals surface area contributed by atoms with Crippen molar-refractivity contribution < 1.29 is 32.6 Å². The molecule has 1 atom stereocenters. The van der Waals surface area contributed by atoms with Gasteiger partial charge in [-0.15, -0.1) is 0 Å². The number of alkyl halides is 3. The van der Waals surface area contributed by atoms with Gasteiger partial charge in [0.2, 0.25) is 0 Å². The fourth-order valence-corrected chi connectivity index (χ4v) is 2.92. The SMILES string of the molecule is CC(OC(=O)N1CCN(Cc2ccccc2NCCCC(=O)O)CC1)C(F)(F)F. The number of carbonyl (C=O) groups is 2. The van der Waals surface area contributed by atoms with Crippen molar-refractivity contribution in [2.24, 2.45) is 0 Å². The maximum Gasteiger partial charge on any atom is 0.425 e. The molecule has 29 heavy (non-hydrogen) atoms. The molecule has 2 N–H and O–H groups in total. The number of piperazine rings is 1. The van der Waals surface area contributed by atoms with E-state index in [1.165, 1.54) is 4.90 Å². The molecule has 1 fully saturated rings. The largest absolute Gasteiger partial charge is 0.481 e. The zero-order valence-electron chi connectivity index (χ0n) is 16.2. The van der Waals surface area contributed by atoms with Crippen LogP contribution in [0.2, 0.25) is 0 Å². The van der Waals surface area contributed by atoms with Gasteiger partial charge in [0.1, 0.15) is 0 Å². The van der Waals surface area contributed by atoms with Crippen LogP contribution in [0.3, 0.4) is 0 Å². The average molecular weight is 417 g/mol. The third-order valence-electron chi connectivity index (χ3n) is 4.66. The number of carboxylic acid groups (broad SMARTS) is 1. The number of aliphatic carboxylic acids is 1. The summed E-state index contributed by atoms with van der Waals surface area (Å²) in [5, 5.41) is 11.9. The number of amides is 1. The van der Waals surface area contributed by atoms with Crippen LogP contribution in [0, 0.1) is 0 Å². The standard InChI is InChI=1S/C19H26F3N3O4/c1-14(19(20,21)22)29-18(28)25-11-9-24(10-12-25)13-15-5-2-3-6-16(15)23-8-4-7-17(26)27/h2-3,5-6,14,23H,4,7-13H2,1H3,(H,26,27). The molecule has 1 aliphatic rings. The quantitative estimate of drug-likeness (QED) is 0.633. The Kier molecular flexibility index (Phi) is 8.12. The second kappa shape index (κ2) is 10.3. The van der Waals surface area contributed by atoms with Crippen LogP contribution in [0.15, 0.2) is 24.3 Å². The summed E-state index contributed by atoms with van der Waals surface area (Å²) in [6.07, 6.45) is -7.04. The van der Waals surface area contributed by atoms with Gasteiger partial charge in [-0.1, -0.05) is 18.2 Å². The van der Waals surface area contributed by atoms with Crippen molar-refractivity contribution in [1.29, 1.82) is 0 Å². The van der Waals surface area contributed by atoms with E-state index in [4.69, 9.17) is 5.11 Å². The molecular formula is C19H26F3N3O4. The van der Waals surface area contributed by atoms with Gasteiger partial charge in [-0.3, -0.25) is 9.69 Å². The van der Waals surface area contributed by atoms with E-state index in [1.807, 2.05) is 24.3 Å². The molecule has 1 amide bonds. The lowest BCUT2D eigenvalue weighted by molar-refractivity contribution is -0.200. The maximum atomic E-state index is 12.5. The molecule has 0 spiro atoms. The summed E-state index contributed by atoms with van der Waals surface area (Å²) in [6, 6.07) is 7.68. The van der Waals surface area contributed by atoms with E-state index in [0.29, 0.717) is 32.6 Å². The monoisotopic (exact) mass is 417 g/mol. The predicted octanol–water partition coefficient (Wildman–Crippen LogP) is 3.17. The summed E-state index contributed by atoms with van der Waals surface area (Å²) in [5.74, 6) is -0.832. The average Bonchev–Trinajstić information content (AvgIpc) is 2.66. The van der Waals surface area contributed by atoms with Crippen molar-refractivity contribution in [2.75, 3.05) is 38.0 Å². The molecule has 1 saturated heterocycles. The van der Waals surface area contributed by atoms with Gasteiger partial charge in [0.15, 0.2) is 6.10 Å². The van der Waals surface area contributed by atoms with Crippen LogP contribution >= 0.6 is 0 Å². The van der Waals surface area contributed by atoms with Crippen molar-refractivity contribution in [3.63, 3.8) is 0 Å². The normalized spacial score (nSPS) is 16.3. The van der Waals surface area contributed by atoms with E-state index < -0.39 is 24.3 Å². The van der Waals surface area contributed by atoms with Crippen LogP contribution in [0.25, 0.3) is 0 Å². The summed E-state index contributed by atoms with van der Waals surface area (Å²) >= 11 is 0. The third kappa shape index (κ3) is 7.45. The lowest BCUT2D eigenvalue weighted by Crippen LogP contribution is -2.49. The first-order chi connectivity index (χ1) is 13.7. The fourth-order valence-electron chi connectivity index (χ4n) is 2.92. The number of hydrogen-bond acceptors (Lipinski definition) is 5. The lowest BCUT2D eigenvalue weighted by atomic mass is 10.1. The van der Waals surface area contributed by atoms with Crippen LogP contribution in [-0.2, 0) is 16.1 Å². The van der Waals surface area contributed by atoms with Crippen molar-refractivity contribution >= 4 is 17.7 Å². The Morgan fingerprint density at radius 1 is 1.21 bits per heavy atom. The molecule has 1 aromatic rings. The number of nitrogens with zero attached hydrogens (tertiary/aromatic N) is 2. The van der Waals surface area contributed by atoms with Gasteiger partial charge in [-0.2, -0.15) is 13.2 Å². The molecule has 1 aromatic carbocycles. The number of anilines is 1. The van der Waals surface area contributed by atoms with Gasteiger partial charge in [0, 0.05) is 51.4 Å². The first-order valence-electron chi connectivity index (χ1n) is 9.45. The number of carbonyl (C=O) groups excluding carboxylic acids is 1. The van der Waals surface area contributed by atoms with Gasteiger partial charge < -0.3 is 20.1 Å². The summed E-state index contributed by atoms with van der Waals surface area (Å²) in [7, 11) is 0. The Hall–Kier alpha value is -2.49. The first kappa shape index (κ1) is 22.8. The molecule has 0 aromatic heterocycles. The Balaban J connectivity index is 1.82. The number of rotatable bonds is 8. The van der Waals surface area contributed by atoms with Crippen LogP contribution < -0.4 is 5.32 Å². The molecule has 10 heteroatoms. The van der Waals surface area contributed by atoms with Crippen molar-refractivity contribution in [3.05, 3.63) is 29.8 Å². The highest BCUT2D eigenvalue weighted by Crippen LogP contribution is 2.23. The Morgan fingerprint density at radius 3 is 2.48 bits per heavy atom. The highest BCUT2D eigenvalue weighted by atomic mass is 19.4. The van der Waals surface area contributed by atoms with Crippen molar-refractivity contribution in [3.8, 4) is 0 Å². The topological polar surface area (TPSA) is 82.1 Å². The molecule has 0 radical (unpaired) electrons. The molecule has 162 valence electrons. The van der Waals surface area contributed by atoms with E-state index >= 15 is 0 Å². The predicted molar refractivity (Wildman–Crippen MR) is 101 cm³/mol. The minimum atomic E-state index is -4.57. The second-order valence-electron chi connectivity index (χ2n) is 6.91. The van der Waals surface area contributed by atoms with E-state index in [1.54, 1.807) is 0 Å². The smallest absolute Gasteiger partial charge is 0.425 e. The van der Waals surface area contributed by atoms with Crippen LogP contribution in [0.5, 0.6) is 0 Å². The molecule has 0 aliphatic carbocycles. The summed E-state index contributed by atoms with van der Waals surface area (Å²) in [5.41, 5.74) is 1.95. The van der Waals surface area contributed by atoms with Crippen LogP contribution in [0.1, 0.15) is 25.3 Å². The highest BCUT2D eigenvalue weighted by Gasteiger charge is 2.40. The van der Waals surface area contributed by atoms with E-state index in [9.17, 15) is 22.8 Å². The number of nitrogens with one attached hydrogen (secondary N) is 1. The minimum absolute atomic E-state index is 0.0974. The molecule has 1 unspecified atom stereocenters. The van der Waals surface area contributed by atoms with Crippen molar-refractivity contribution in [1.82, 2.24) is 9.80 Å². The Morgan fingerprint density at radius 2 is 1.86 bits per heavy atom.